The van der Waals surface area contributed by atoms with Gasteiger partial charge in [0, 0.05) is 0 Å². The number of hydrogen-bond acceptors (Lipinski definition) is 4. The van der Waals surface area contributed by atoms with Gasteiger partial charge in [0.1, 0.15) is 6.61 Å². The SMILES string of the molecule is Cl.N#CCCOC(=O)CN. The molecule has 0 bridgehead atoms. The number of carbonyl (C=O) groups is 1. The molecular formula is C5H9ClN2O2. The third-order valence-corrected chi connectivity index (χ3v) is 0.644. The Labute approximate surface area is 65.4 Å². The first-order valence-electron chi connectivity index (χ1n) is 2.54. The van der Waals surface area contributed by atoms with E-state index in [0.717, 1.165) is 0 Å². The van der Waals surface area contributed by atoms with Crippen molar-refractivity contribution < 1.29 is 9.53 Å². The molecule has 0 heterocycles. The van der Waals surface area contributed by atoms with Gasteiger partial charge in [0.05, 0.1) is 19.0 Å². The van der Waals surface area contributed by atoms with Crippen molar-refractivity contribution in [1.82, 2.24) is 0 Å². The van der Waals surface area contributed by atoms with Crippen LogP contribution in [0, 0.1) is 11.3 Å². The van der Waals surface area contributed by atoms with E-state index in [1.807, 2.05) is 6.07 Å². The summed E-state index contributed by atoms with van der Waals surface area (Å²) in [5, 5.41) is 7.98. The van der Waals surface area contributed by atoms with Crippen LogP contribution in [0.15, 0.2) is 0 Å². The molecule has 10 heavy (non-hydrogen) atoms. The van der Waals surface area contributed by atoms with Gasteiger partial charge in [-0.05, 0) is 0 Å². The summed E-state index contributed by atoms with van der Waals surface area (Å²) in [6, 6.07) is 1.83. The first-order chi connectivity index (χ1) is 4.31. The summed E-state index contributed by atoms with van der Waals surface area (Å²) < 4.78 is 4.45. The van der Waals surface area contributed by atoms with Crippen LogP contribution in [-0.2, 0) is 9.53 Å². The number of nitrogens with zero attached hydrogens (tertiary/aromatic N) is 1. The fourth-order valence-corrected chi connectivity index (χ4v) is 0.269. The van der Waals surface area contributed by atoms with E-state index in [9.17, 15) is 4.79 Å². The summed E-state index contributed by atoms with van der Waals surface area (Å²) in [6.07, 6.45) is 0.228. The van der Waals surface area contributed by atoms with Crippen LogP contribution in [0.5, 0.6) is 0 Å². The third kappa shape index (κ3) is 7.21. The molecule has 0 atom stereocenters. The molecule has 0 saturated heterocycles. The normalized spacial score (nSPS) is 7.20. The Morgan fingerprint density at radius 1 is 1.70 bits per heavy atom. The van der Waals surface area contributed by atoms with Gasteiger partial charge in [-0.2, -0.15) is 5.26 Å². The number of carbonyl (C=O) groups excluding carboxylic acids is 1. The monoisotopic (exact) mass is 164 g/mol. The lowest BCUT2D eigenvalue weighted by Gasteiger charge is -1.96. The van der Waals surface area contributed by atoms with Crippen LogP contribution in [0.3, 0.4) is 0 Å². The largest absolute Gasteiger partial charge is 0.464 e. The summed E-state index contributed by atoms with van der Waals surface area (Å²) in [5.74, 6) is -0.467. The standard InChI is InChI=1S/C5H8N2O2.ClH/c6-2-1-3-9-5(8)4-7;/h1,3-4,7H2;1H. The molecule has 0 saturated carbocycles. The van der Waals surface area contributed by atoms with Gasteiger partial charge < -0.3 is 10.5 Å². The van der Waals surface area contributed by atoms with Crippen LogP contribution in [-0.4, -0.2) is 19.1 Å². The first-order valence-corrected chi connectivity index (χ1v) is 2.54. The van der Waals surface area contributed by atoms with Crippen LogP contribution in [0.1, 0.15) is 6.42 Å². The molecule has 0 aromatic rings. The van der Waals surface area contributed by atoms with Crippen LogP contribution >= 0.6 is 12.4 Å². The molecule has 5 heteroatoms. The number of halogens is 1. The second-order valence-electron chi connectivity index (χ2n) is 1.33. The van der Waals surface area contributed by atoms with Crippen molar-refractivity contribution in [3.8, 4) is 6.07 Å². The van der Waals surface area contributed by atoms with Gasteiger partial charge in [0.15, 0.2) is 0 Å². The minimum Gasteiger partial charge on any atom is -0.464 e. The van der Waals surface area contributed by atoms with Gasteiger partial charge in [-0.1, -0.05) is 0 Å². The number of nitriles is 1. The molecule has 0 amide bonds. The number of hydrogen-bond donors (Lipinski definition) is 1. The summed E-state index contributed by atoms with van der Waals surface area (Å²) in [5.41, 5.74) is 4.90. The van der Waals surface area contributed by atoms with Crippen molar-refractivity contribution in [2.24, 2.45) is 5.73 Å². The molecule has 4 nitrogen and oxygen atoms in total. The predicted molar refractivity (Wildman–Crippen MR) is 37.5 cm³/mol. The molecule has 0 aromatic carbocycles. The lowest BCUT2D eigenvalue weighted by molar-refractivity contribution is -0.141. The minimum atomic E-state index is -0.467. The maximum atomic E-state index is 10.2. The van der Waals surface area contributed by atoms with Gasteiger partial charge in [-0.15, -0.1) is 12.4 Å². The van der Waals surface area contributed by atoms with Crippen molar-refractivity contribution in [2.45, 2.75) is 6.42 Å². The Morgan fingerprint density at radius 2 is 2.30 bits per heavy atom. The Hall–Kier alpha value is -0.790. The number of nitrogens with two attached hydrogens (primary N) is 1. The highest BCUT2D eigenvalue weighted by Gasteiger charge is 1.95. The quantitative estimate of drug-likeness (QED) is 0.464. The Kier molecular flexibility index (Phi) is 9.80. The molecule has 2 N–H and O–H groups in total. The smallest absolute Gasteiger partial charge is 0.319 e. The lowest BCUT2D eigenvalue weighted by Crippen LogP contribution is -2.16. The molecule has 0 aliphatic carbocycles. The van der Waals surface area contributed by atoms with Gasteiger partial charge >= 0.3 is 5.97 Å². The van der Waals surface area contributed by atoms with E-state index in [1.54, 1.807) is 0 Å². The van der Waals surface area contributed by atoms with E-state index < -0.39 is 5.97 Å². The van der Waals surface area contributed by atoms with Gasteiger partial charge in [0.2, 0.25) is 0 Å². The summed E-state index contributed by atoms with van der Waals surface area (Å²) in [6.45, 7) is 0.0258. The van der Waals surface area contributed by atoms with Crippen molar-refractivity contribution in [3.63, 3.8) is 0 Å². The van der Waals surface area contributed by atoms with Crippen LogP contribution in [0.25, 0.3) is 0 Å². The number of esters is 1. The van der Waals surface area contributed by atoms with E-state index in [1.165, 1.54) is 0 Å². The second kappa shape index (κ2) is 8.21. The highest BCUT2D eigenvalue weighted by atomic mass is 35.5. The zero-order chi connectivity index (χ0) is 7.11. The minimum absolute atomic E-state index is 0. The maximum absolute atomic E-state index is 10.2. The maximum Gasteiger partial charge on any atom is 0.319 e. The molecule has 0 fully saturated rings. The average molecular weight is 165 g/mol. The highest BCUT2D eigenvalue weighted by Crippen LogP contribution is 1.79. The van der Waals surface area contributed by atoms with E-state index in [4.69, 9.17) is 11.0 Å². The van der Waals surface area contributed by atoms with E-state index in [2.05, 4.69) is 4.74 Å². The number of rotatable bonds is 3. The van der Waals surface area contributed by atoms with Crippen molar-refractivity contribution in [3.05, 3.63) is 0 Å². The third-order valence-electron chi connectivity index (χ3n) is 0.644. The van der Waals surface area contributed by atoms with Crippen molar-refractivity contribution in [2.75, 3.05) is 13.2 Å². The van der Waals surface area contributed by atoms with Gasteiger partial charge in [-0.3, -0.25) is 4.79 Å². The molecule has 0 radical (unpaired) electrons. The number of ether oxygens (including phenoxy) is 1. The summed E-state index contributed by atoms with van der Waals surface area (Å²) in [7, 11) is 0. The topological polar surface area (TPSA) is 76.1 Å². The lowest BCUT2D eigenvalue weighted by atomic mass is 10.5. The summed E-state index contributed by atoms with van der Waals surface area (Å²) >= 11 is 0. The van der Waals surface area contributed by atoms with E-state index in [-0.39, 0.29) is 32.0 Å². The molecular weight excluding hydrogens is 156 g/mol. The van der Waals surface area contributed by atoms with Gasteiger partial charge in [0.25, 0.3) is 0 Å². The molecule has 0 rings (SSSR count). The highest BCUT2D eigenvalue weighted by molar-refractivity contribution is 5.85. The zero-order valence-electron chi connectivity index (χ0n) is 5.37. The fraction of sp³-hybridized carbons (Fsp3) is 0.600. The first kappa shape index (κ1) is 11.9. The molecule has 0 spiro atoms. The average Bonchev–Trinajstić information content (AvgIpc) is 1.89. The molecule has 0 aromatic heterocycles. The van der Waals surface area contributed by atoms with Gasteiger partial charge in [-0.25, -0.2) is 0 Å². The molecule has 58 valence electrons. The second-order valence-corrected chi connectivity index (χ2v) is 1.33. The van der Waals surface area contributed by atoms with E-state index >= 15 is 0 Å². The Bertz CT molecular complexity index is 132. The van der Waals surface area contributed by atoms with Crippen LogP contribution < -0.4 is 5.73 Å². The fourth-order valence-electron chi connectivity index (χ4n) is 0.269. The zero-order valence-corrected chi connectivity index (χ0v) is 6.19. The van der Waals surface area contributed by atoms with Crippen LogP contribution in [0.2, 0.25) is 0 Å². The summed E-state index contributed by atoms with van der Waals surface area (Å²) in [4.78, 5) is 10.2. The van der Waals surface area contributed by atoms with Crippen molar-refractivity contribution >= 4 is 18.4 Å². The molecule has 0 unspecified atom stereocenters. The molecule has 0 aliphatic heterocycles. The van der Waals surface area contributed by atoms with Crippen molar-refractivity contribution in [1.29, 1.82) is 5.26 Å². The Balaban J connectivity index is 0. The molecule has 0 aliphatic rings. The van der Waals surface area contributed by atoms with Crippen LogP contribution in [0.4, 0.5) is 0 Å². The van der Waals surface area contributed by atoms with E-state index in [0.29, 0.717) is 0 Å². The predicted octanol–water partition coefficient (Wildman–Crippen LogP) is -0.176. The Morgan fingerprint density at radius 3 is 2.70 bits per heavy atom.